The van der Waals surface area contributed by atoms with E-state index in [1.165, 1.54) is 6.20 Å². The molecule has 0 saturated carbocycles. The van der Waals surface area contributed by atoms with E-state index >= 15 is 0 Å². The molecular weight excluding hydrogens is 326 g/mol. The van der Waals surface area contributed by atoms with Crippen molar-refractivity contribution in [3.05, 3.63) is 62.2 Å². The van der Waals surface area contributed by atoms with Gasteiger partial charge in [-0.25, -0.2) is 9.78 Å². The first-order valence-electron chi connectivity index (χ1n) is 6.10. The van der Waals surface area contributed by atoms with E-state index in [9.17, 15) is 9.59 Å². The van der Waals surface area contributed by atoms with Gasteiger partial charge in [0.2, 0.25) is 0 Å². The van der Waals surface area contributed by atoms with Gasteiger partial charge in [-0.05, 0) is 24.3 Å². The zero-order valence-corrected chi connectivity index (χ0v) is 12.5. The van der Waals surface area contributed by atoms with Gasteiger partial charge in [-0.2, -0.15) is 0 Å². The Hall–Kier alpha value is -2.51. The summed E-state index contributed by atoms with van der Waals surface area (Å²) < 4.78 is 1.13. The minimum absolute atomic E-state index is 0.0199. The predicted molar refractivity (Wildman–Crippen MR) is 84.5 cm³/mol. The van der Waals surface area contributed by atoms with Crippen LogP contribution in [0.2, 0.25) is 5.02 Å². The van der Waals surface area contributed by atoms with Crippen LogP contribution in [0.3, 0.4) is 0 Å². The molecule has 0 bridgehead atoms. The van der Waals surface area contributed by atoms with Gasteiger partial charge in [-0.15, -0.1) is 0 Å². The van der Waals surface area contributed by atoms with Crippen molar-refractivity contribution in [3.8, 4) is 0 Å². The summed E-state index contributed by atoms with van der Waals surface area (Å²) in [4.78, 5) is 31.8. The highest BCUT2D eigenvalue weighted by Gasteiger charge is 2.14. The van der Waals surface area contributed by atoms with E-state index in [1.54, 1.807) is 30.5 Å². The van der Waals surface area contributed by atoms with Crippen LogP contribution < -0.4 is 5.56 Å². The summed E-state index contributed by atoms with van der Waals surface area (Å²) in [5, 5.41) is 8.91. The number of nitrogens with zero attached hydrogens (tertiary/aromatic N) is 3. The molecule has 0 aliphatic heterocycles. The van der Waals surface area contributed by atoms with E-state index in [2.05, 4.69) is 9.97 Å². The number of hydrogen-bond donors (Lipinski definition) is 1. The van der Waals surface area contributed by atoms with E-state index in [1.807, 2.05) is 6.07 Å². The summed E-state index contributed by atoms with van der Waals surface area (Å²) in [7, 11) is 0. The van der Waals surface area contributed by atoms with Gasteiger partial charge in [0.25, 0.3) is 5.56 Å². The fourth-order valence-corrected chi connectivity index (χ4v) is 2.80. The molecule has 22 heavy (non-hydrogen) atoms. The van der Waals surface area contributed by atoms with Crippen LogP contribution in [0.5, 0.6) is 0 Å². The third-order valence-corrected chi connectivity index (χ3v) is 4.14. The minimum atomic E-state index is -1.11. The number of carbonyl (C=O) groups is 1. The van der Waals surface area contributed by atoms with Crippen molar-refractivity contribution in [1.82, 2.24) is 14.4 Å². The van der Waals surface area contributed by atoms with Crippen LogP contribution in [-0.2, 0) is 0 Å². The number of aromatic carboxylic acids is 1. The zero-order valence-electron chi connectivity index (χ0n) is 10.9. The predicted octanol–water partition coefficient (Wildman–Crippen LogP) is 2.67. The van der Waals surface area contributed by atoms with Gasteiger partial charge in [-0.3, -0.25) is 14.2 Å². The minimum Gasteiger partial charge on any atom is -0.477 e. The van der Waals surface area contributed by atoms with Gasteiger partial charge >= 0.3 is 5.97 Å². The van der Waals surface area contributed by atoms with Crippen molar-refractivity contribution in [1.29, 1.82) is 0 Å². The molecule has 0 unspecified atom stereocenters. The number of pyridine rings is 1. The quantitative estimate of drug-likeness (QED) is 0.796. The molecule has 6 nitrogen and oxygen atoms in total. The molecule has 3 heterocycles. The Labute approximate surface area is 133 Å². The SMILES string of the molecule is O=C(O)c1cn2c(=O)c(Cl)c(/C=C/c3ccccn3)nc2s1. The Balaban J connectivity index is 2.10. The maximum absolute atomic E-state index is 12.2. The lowest BCUT2D eigenvalue weighted by Crippen LogP contribution is -2.14. The maximum atomic E-state index is 12.2. The highest BCUT2D eigenvalue weighted by molar-refractivity contribution is 7.18. The number of hydrogen-bond acceptors (Lipinski definition) is 5. The average Bonchev–Trinajstić information content (AvgIpc) is 2.95. The smallest absolute Gasteiger partial charge is 0.347 e. The van der Waals surface area contributed by atoms with Gasteiger partial charge in [0.1, 0.15) is 9.90 Å². The molecule has 0 spiro atoms. The van der Waals surface area contributed by atoms with Crippen molar-refractivity contribution in [2.75, 3.05) is 0 Å². The van der Waals surface area contributed by atoms with Crippen LogP contribution in [0, 0.1) is 0 Å². The first-order valence-corrected chi connectivity index (χ1v) is 7.30. The first-order chi connectivity index (χ1) is 10.6. The van der Waals surface area contributed by atoms with Crippen molar-refractivity contribution >= 4 is 46.0 Å². The molecule has 110 valence electrons. The third kappa shape index (κ3) is 2.63. The molecule has 0 radical (unpaired) electrons. The number of halogens is 1. The van der Waals surface area contributed by atoms with Gasteiger partial charge in [-0.1, -0.05) is 29.0 Å². The summed E-state index contributed by atoms with van der Waals surface area (Å²) in [6.07, 6.45) is 6.11. The highest BCUT2D eigenvalue weighted by Crippen LogP contribution is 2.19. The number of carboxylic acids is 1. The number of thiazole rings is 1. The van der Waals surface area contributed by atoms with Crippen molar-refractivity contribution in [2.24, 2.45) is 0 Å². The van der Waals surface area contributed by atoms with Crippen molar-refractivity contribution in [3.63, 3.8) is 0 Å². The van der Waals surface area contributed by atoms with E-state index in [4.69, 9.17) is 16.7 Å². The van der Waals surface area contributed by atoms with Gasteiger partial charge in [0, 0.05) is 12.4 Å². The molecule has 0 aromatic carbocycles. The van der Waals surface area contributed by atoms with E-state index in [0.29, 0.717) is 5.69 Å². The second-order valence-corrected chi connectivity index (χ2v) is 5.64. The summed E-state index contributed by atoms with van der Waals surface area (Å²) in [5.74, 6) is -1.11. The largest absolute Gasteiger partial charge is 0.477 e. The van der Waals surface area contributed by atoms with E-state index < -0.39 is 11.5 Å². The zero-order chi connectivity index (χ0) is 15.7. The molecule has 0 fully saturated rings. The second-order valence-electron chi connectivity index (χ2n) is 4.26. The molecule has 3 aromatic heterocycles. The van der Waals surface area contributed by atoms with E-state index in [0.717, 1.165) is 15.7 Å². The van der Waals surface area contributed by atoms with Crippen molar-refractivity contribution in [2.45, 2.75) is 0 Å². The lowest BCUT2D eigenvalue weighted by Gasteiger charge is -1.98. The number of carboxylic acid groups (broad SMARTS) is 1. The summed E-state index contributed by atoms with van der Waals surface area (Å²) in [5.41, 5.74) is 0.463. The van der Waals surface area contributed by atoms with Crippen LogP contribution in [0.1, 0.15) is 21.1 Å². The fourth-order valence-electron chi connectivity index (χ4n) is 1.78. The standard InChI is InChI=1S/C14H8ClN3O3S/c15-11-9(5-4-8-3-1-2-6-16-8)17-14-18(12(11)19)7-10(22-14)13(20)21/h1-7H,(H,20,21)/b5-4+. The molecular formula is C14H8ClN3O3S. The van der Waals surface area contributed by atoms with Gasteiger partial charge in [0.05, 0.1) is 11.4 Å². The van der Waals surface area contributed by atoms with Crippen molar-refractivity contribution < 1.29 is 9.90 Å². The monoisotopic (exact) mass is 333 g/mol. The van der Waals surface area contributed by atoms with Gasteiger partial charge in [0.15, 0.2) is 4.96 Å². The molecule has 0 aliphatic carbocycles. The molecule has 0 amide bonds. The van der Waals surface area contributed by atoms with Crippen LogP contribution in [-0.4, -0.2) is 25.4 Å². The molecule has 0 aliphatic rings. The topological polar surface area (TPSA) is 84.6 Å². The summed E-state index contributed by atoms with van der Waals surface area (Å²) in [6.45, 7) is 0. The molecule has 3 aromatic rings. The van der Waals surface area contributed by atoms with Crippen LogP contribution in [0.4, 0.5) is 0 Å². The van der Waals surface area contributed by atoms with Crippen LogP contribution >= 0.6 is 22.9 Å². The molecule has 1 N–H and O–H groups in total. The Morgan fingerprint density at radius 2 is 2.18 bits per heavy atom. The number of rotatable bonds is 3. The van der Waals surface area contributed by atoms with Crippen LogP contribution in [0.15, 0.2) is 35.4 Å². The van der Waals surface area contributed by atoms with Gasteiger partial charge < -0.3 is 5.11 Å². The molecule has 0 saturated heterocycles. The Morgan fingerprint density at radius 1 is 1.36 bits per heavy atom. The Kier molecular flexibility index (Phi) is 3.74. The Morgan fingerprint density at radius 3 is 2.86 bits per heavy atom. The average molecular weight is 334 g/mol. The van der Waals surface area contributed by atoms with E-state index in [-0.39, 0.29) is 20.6 Å². The first kappa shape index (κ1) is 14.4. The lowest BCUT2D eigenvalue weighted by atomic mass is 10.3. The third-order valence-electron chi connectivity index (χ3n) is 2.81. The summed E-state index contributed by atoms with van der Waals surface area (Å²) >= 11 is 6.93. The fraction of sp³-hybridized carbons (Fsp3) is 0. The molecule has 3 rings (SSSR count). The molecule has 8 heteroatoms. The normalized spacial score (nSPS) is 11.3. The number of aromatic nitrogens is 3. The highest BCUT2D eigenvalue weighted by atomic mass is 35.5. The molecule has 0 atom stereocenters. The second kappa shape index (κ2) is 5.70. The lowest BCUT2D eigenvalue weighted by molar-refractivity contribution is 0.0702. The Bertz CT molecular complexity index is 947. The summed E-state index contributed by atoms with van der Waals surface area (Å²) in [6, 6.07) is 5.42. The van der Waals surface area contributed by atoms with Crippen LogP contribution in [0.25, 0.3) is 17.1 Å². The number of fused-ring (bicyclic) bond motifs is 1. The maximum Gasteiger partial charge on any atom is 0.347 e.